The molecule has 1 fully saturated rings. The van der Waals surface area contributed by atoms with Crippen molar-refractivity contribution >= 4 is 16.9 Å². The summed E-state index contributed by atoms with van der Waals surface area (Å²) in [6.07, 6.45) is 6.28. The van der Waals surface area contributed by atoms with Crippen LogP contribution in [0.3, 0.4) is 0 Å². The van der Waals surface area contributed by atoms with E-state index in [1.54, 1.807) is 41.8 Å². The highest BCUT2D eigenvalue weighted by molar-refractivity contribution is 5.97. The molecule has 0 aromatic carbocycles. The van der Waals surface area contributed by atoms with Crippen LogP contribution in [-0.4, -0.2) is 53.6 Å². The fraction of sp³-hybridized carbons (Fsp3) is 0.286. The van der Waals surface area contributed by atoms with E-state index in [4.69, 9.17) is 4.52 Å². The number of carbonyl (C=O) groups is 1. The summed E-state index contributed by atoms with van der Waals surface area (Å²) in [4.78, 5) is 44.6. The lowest BCUT2D eigenvalue weighted by Crippen LogP contribution is -2.49. The minimum absolute atomic E-state index is 0.0833. The van der Waals surface area contributed by atoms with Gasteiger partial charge >= 0.3 is 0 Å². The van der Waals surface area contributed by atoms with Gasteiger partial charge in [-0.15, -0.1) is 0 Å². The van der Waals surface area contributed by atoms with Crippen molar-refractivity contribution in [1.82, 2.24) is 34.6 Å². The minimum Gasteiger partial charge on any atom is -0.338 e. The average molecular weight is 417 g/mol. The smallest absolute Gasteiger partial charge is 0.259 e. The molecule has 31 heavy (non-hydrogen) atoms. The largest absolute Gasteiger partial charge is 0.338 e. The van der Waals surface area contributed by atoms with Crippen LogP contribution in [0.4, 0.5) is 0 Å². The van der Waals surface area contributed by atoms with Gasteiger partial charge in [0.1, 0.15) is 16.9 Å². The third-order valence-electron chi connectivity index (χ3n) is 5.38. The molecule has 0 radical (unpaired) electrons. The van der Waals surface area contributed by atoms with Crippen LogP contribution in [0.15, 0.2) is 46.2 Å². The predicted molar refractivity (Wildman–Crippen MR) is 110 cm³/mol. The molecule has 10 heteroatoms. The maximum atomic E-state index is 13.0. The predicted octanol–water partition coefficient (Wildman–Crippen LogP) is 1.80. The second kappa shape index (κ2) is 7.38. The third kappa shape index (κ3) is 3.25. The van der Waals surface area contributed by atoms with Crippen LogP contribution in [0.1, 0.15) is 34.8 Å². The van der Waals surface area contributed by atoms with Crippen LogP contribution in [0.25, 0.3) is 22.6 Å². The van der Waals surface area contributed by atoms with Crippen molar-refractivity contribution in [1.29, 1.82) is 0 Å². The number of nitrogens with zero attached hydrogens (tertiary/aromatic N) is 7. The third-order valence-corrected chi connectivity index (χ3v) is 5.38. The van der Waals surface area contributed by atoms with Gasteiger partial charge in [-0.05, 0) is 26.0 Å². The quantitative estimate of drug-likeness (QED) is 0.493. The van der Waals surface area contributed by atoms with Crippen LogP contribution in [0.5, 0.6) is 0 Å². The molecular formula is C21H19N7O3. The number of pyridine rings is 2. The second-order valence-corrected chi connectivity index (χ2v) is 7.44. The van der Waals surface area contributed by atoms with Crippen molar-refractivity contribution in [2.24, 2.45) is 0 Å². The van der Waals surface area contributed by atoms with E-state index in [0.29, 0.717) is 48.1 Å². The normalized spacial score (nSPS) is 14.1. The first-order chi connectivity index (χ1) is 15.0. The fourth-order valence-corrected chi connectivity index (χ4v) is 3.64. The van der Waals surface area contributed by atoms with Crippen molar-refractivity contribution in [2.45, 2.75) is 26.3 Å². The van der Waals surface area contributed by atoms with E-state index in [0.717, 1.165) is 5.69 Å². The molecule has 0 spiro atoms. The molecule has 0 bridgehead atoms. The Balaban J connectivity index is 1.37. The van der Waals surface area contributed by atoms with E-state index < -0.39 is 0 Å². The number of hydrogen-bond donors (Lipinski definition) is 0. The van der Waals surface area contributed by atoms with Gasteiger partial charge in [0.05, 0.1) is 17.5 Å². The molecule has 1 saturated heterocycles. The summed E-state index contributed by atoms with van der Waals surface area (Å²) in [6.45, 7) is 5.22. The summed E-state index contributed by atoms with van der Waals surface area (Å²) in [5, 5.41) is 4.39. The van der Waals surface area contributed by atoms with Crippen LogP contribution in [0.2, 0.25) is 0 Å². The van der Waals surface area contributed by atoms with Crippen molar-refractivity contribution in [3.05, 3.63) is 64.3 Å². The molecular weight excluding hydrogens is 398 g/mol. The molecule has 10 nitrogen and oxygen atoms in total. The number of amides is 1. The molecule has 156 valence electrons. The Kier molecular flexibility index (Phi) is 4.54. The maximum absolute atomic E-state index is 13.0. The van der Waals surface area contributed by atoms with E-state index in [2.05, 4.69) is 25.1 Å². The van der Waals surface area contributed by atoms with E-state index >= 15 is 0 Å². The molecule has 0 saturated carbocycles. The molecule has 0 unspecified atom stereocenters. The summed E-state index contributed by atoms with van der Waals surface area (Å²) in [5.74, 6) is 0.407. The van der Waals surface area contributed by atoms with Crippen LogP contribution in [-0.2, 0) is 6.54 Å². The Morgan fingerprint density at radius 1 is 1.23 bits per heavy atom. The van der Waals surface area contributed by atoms with E-state index in [1.165, 1.54) is 0 Å². The molecule has 1 aliphatic rings. The van der Waals surface area contributed by atoms with Gasteiger partial charge in [0.25, 0.3) is 5.91 Å². The van der Waals surface area contributed by atoms with Gasteiger partial charge in [0, 0.05) is 43.9 Å². The number of aryl methyl sites for hydroxylation is 2. The summed E-state index contributed by atoms with van der Waals surface area (Å²) < 4.78 is 7.18. The molecule has 5 rings (SSSR count). The van der Waals surface area contributed by atoms with E-state index in [-0.39, 0.29) is 22.8 Å². The Morgan fingerprint density at radius 3 is 2.81 bits per heavy atom. The Bertz CT molecular complexity index is 1340. The first-order valence-electron chi connectivity index (χ1n) is 9.95. The number of aromatic nitrogens is 6. The first-order valence-corrected chi connectivity index (χ1v) is 9.95. The SMILES string of the molecule is CCn1cc(C(=O)N2CC(c3nc(-c4cnccn4)no3)C2)c(=O)c2ccc(C)nc21. The zero-order valence-electron chi connectivity index (χ0n) is 17.0. The number of carbonyl (C=O) groups excluding carboxylic acids is 1. The molecule has 4 aromatic heterocycles. The maximum Gasteiger partial charge on any atom is 0.259 e. The molecule has 5 heterocycles. The lowest BCUT2D eigenvalue weighted by atomic mass is 9.98. The zero-order chi connectivity index (χ0) is 21.5. The van der Waals surface area contributed by atoms with Crippen molar-refractivity contribution in [2.75, 3.05) is 13.1 Å². The standard InChI is InChI=1S/C21H19N7O3/c1-3-27-11-15(17(29)14-5-4-12(2)24-19(14)27)21(30)28-9-13(10-28)20-25-18(26-31-20)16-8-22-6-7-23-16/h4-8,11,13H,3,9-10H2,1-2H3. The monoisotopic (exact) mass is 417 g/mol. The number of fused-ring (bicyclic) bond motifs is 1. The fourth-order valence-electron chi connectivity index (χ4n) is 3.64. The lowest BCUT2D eigenvalue weighted by Gasteiger charge is -2.37. The molecule has 4 aromatic rings. The Morgan fingerprint density at radius 2 is 2.06 bits per heavy atom. The Labute approximate surface area is 176 Å². The minimum atomic E-state index is -0.306. The average Bonchev–Trinajstić information content (AvgIpc) is 3.23. The highest BCUT2D eigenvalue weighted by Gasteiger charge is 2.37. The van der Waals surface area contributed by atoms with Gasteiger partial charge in [0.2, 0.25) is 17.1 Å². The Hall–Kier alpha value is -3.95. The highest BCUT2D eigenvalue weighted by Crippen LogP contribution is 2.28. The lowest BCUT2D eigenvalue weighted by molar-refractivity contribution is 0.0567. The molecule has 0 N–H and O–H groups in total. The van der Waals surface area contributed by atoms with Crippen molar-refractivity contribution in [3.8, 4) is 11.5 Å². The summed E-state index contributed by atoms with van der Waals surface area (Å²) in [5.41, 5.74) is 1.77. The number of hydrogen-bond acceptors (Lipinski definition) is 8. The zero-order valence-corrected chi connectivity index (χ0v) is 17.0. The molecule has 1 aliphatic heterocycles. The van der Waals surface area contributed by atoms with Crippen molar-refractivity contribution in [3.63, 3.8) is 0 Å². The van der Waals surface area contributed by atoms with E-state index in [1.807, 2.05) is 18.4 Å². The van der Waals surface area contributed by atoms with Gasteiger partial charge in [0.15, 0.2) is 0 Å². The summed E-state index contributed by atoms with van der Waals surface area (Å²) in [7, 11) is 0. The van der Waals surface area contributed by atoms with Crippen molar-refractivity contribution < 1.29 is 9.32 Å². The van der Waals surface area contributed by atoms with Crippen LogP contribution < -0.4 is 5.43 Å². The van der Waals surface area contributed by atoms with E-state index in [9.17, 15) is 9.59 Å². The summed E-state index contributed by atoms with van der Waals surface area (Å²) >= 11 is 0. The first kappa shape index (κ1) is 19.0. The highest BCUT2D eigenvalue weighted by atomic mass is 16.5. The number of likely N-dealkylation sites (tertiary alicyclic amines) is 1. The topological polar surface area (TPSA) is 120 Å². The van der Waals surface area contributed by atoms with Crippen LogP contribution >= 0.6 is 0 Å². The molecule has 1 amide bonds. The van der Waals surface area contributed by atoms with Gasteiger partial charge in [-0.3, -0.25) is 14.6 Å². The molecule has 0 atom stereocenters. The number of rotatable bonds is 4. The van der Waals surface area contributed by atoms with Crippen LogP contribution in [0, 0.1) is 6.92 Å². The van der Waals surface area contributed by atoms with Gasteiger partial charge in [-0.25, -0.2) is 9.97 Å². The van der Waals surface area contributed by atoms with Gasteiger partial charge < -0.3 is 14.0 Å². The second-order valence-electron chi connectivity index (χ2n) is 7.44. The molecule has 0 aliphatic carbocycles. The van der Waals surface area contributed by atoms with Gasteiger partial charge in [-0.2, -0.15) is 4.98 Å². The summed E-state index contributed by atoms with van der Waals surface area (Å²) in [6, 6.07) is 3.51. The van der Waals surface area contributed by atoms with Gasteiger partial charge in [-0.1, -0.05) is 5.16 Å².